The number of ketones is 1. The quantitative estimate of drug-likeness (QED) is 0.496. The van der Waals surface area contributed by atoms with Crippen molar-refractivity contribution < 1.29 is 4.79 Å². The summed E-state index contributed by atoms with van der Waals surface area (Å²) >= 11 is 11.4. The standard InChI is InChI=1S/C13H7BrClIO/c14-12-6-5-10(16)7-11(12)13(17)8-1-3-9(15)4-2-8/h1-7H. The predicted octanol–water partition coefficient (Wildman–Crippen LogP) is 4.94. The van der Waals surface area contributed by atoms with Gasteiger partial charge in [-0.3, -0.25) is 4.79 Å². The Balaban J connectivity index is 2.43. The molecule has 1 nitrogen and oxygen atoms in total. The summed E-state index contributed by atoms with van der Waals surface area (Å²) in [5, 5.41) is 0.628. The number of carbonyl (C=O) groups excluding carboxylic acids is 1. The van der Waals surface area contributed by atoms with E-state index in [4.69, 9.17) is 11.6 Å². The molecule has 2 aromatic rings. The first-order chi connectivity index (χ1) is 8.08. The van der Waals surface area contributed by atoms with E-state index in [2.05, 4.69) is 38.5 Å². The molecule has 0 radical (unpaired) electrons. The second kappa shape index (κ2) is 5.50. The molecule has 2 aromatic carbocycles. The summed E-state index contributed by atoms with van der Waals surface area (Å²) in [6, 6.07) is 12.6. The van der Waals surface area contributed by atoms with E-state index in [1.165, 1.54) is 0 Å². The third-order valence-corrected chi connectivity index (χ3v) is 3.89. The summed E-state index contributed by atoms with van der Waals surface area (Å²) in [7, 11) is 0. The zero-order valence-corrected chi connectivity index (χ0v) is 13.1. The Labute approximate surface area is 126 Å². The Hall–Kier alpha value is -0.390. The smallest absolute Gasteiger partial charge is 0.194 e. The van der Waals surface area contributed by atoms with Gasteiger partial charge in [0.1, 0.15) is 0 Å². The van der Waals surface area contributed by atoms with Crippen molar-refractivity contribution >= 4 is 55.9 Å². The molecular formula is C13H7BrClIO. The van der Waals surface area contributed by atoms with Crippen LogP contribution in [-0.4, -0.2) is 5.78 Å². The van der Waals surface area contributed by atoms with Gasteiger partial charge >= 0.3 is 0 Å². The minimum absolute atomic E-state index is 0.00735. The Morgan fingerprint density at radius 3 is 2.41 bits per heavy atom. The van der Waals surface area contributed by atoms with Crippen molar-refractivity contribution in [1.29, 1.82) is 0 Å². The molecule has 4 heteroatoms. The van der Waals surface area contributed by atoms with Crippen molar-refractivity contribution in [2.75, 3.05) is 0 Å². The normalized spacial score (nSPS) is 10.3. The van der Waals surface area contributed by atoms with Crippen LogP contribution in [0.25, 0.3) is 0 Å². The minimum Gasteiger partial charge on any atom is -0.289 e. The van der Waals surface area contributed by atoms with Gasteiger partial charge < -0.3 is 0 Å². The molecule has 2 rings (SSSR count). The molecule has 0 saturated carbocycles. The Morgan fingerprint density at radius 1 is 1.12 bits per heavy atom. The molecule has 0 aliphatic heterocycles. The van der Waals surface area contributed by atoms with E-state index >= 15 is 0 Å². The maximum Gasteiger partial charge on any atom is 0.194 e. The second-order valence-electron chi connectivity index (χ2n) is 3.46. The van der Waals surface area contributed by atoms with Crippen molar-refractivity contribution in [3.63, 3.8) is 0 Å². The van der Waals surface area contributed by atoms with E-state index in [1.807, 2.05) is 18.2 Å². The molecular weight excluding hydrogens is 414 g/mol. The van der Waals surface area contributed by atoms with Crippen LogP contribution in [0.2, 0.25) is 5.02 Å². The highest BCUT2D eigenvalue weighted by Crippen LogP contribution is 2.23. The molecule has 0 spiro atoms. The van der Waals surface area contributed by atoms with Crippen LogP contribution < -0.4 is 0 Å². The number of hydrogen-bond acceptors (Lipinski definition) is 1. The third kappa shape index (κ3) is 3.09. The molecule has 0 N–H and O–H groups in total. The van der Waals surface area contributed by atoms with Crippen LogP contribution in [0.3, 0.4) is 0 Å². The van der Waals surface area contributed by atoms with Gasteiger partial charge in [0.15, 0.2) is 5.78 Å². The van der Waals surface area contributed by atoms with Crippen molar-refractivity contribution in [2.45, 2.75) is 0 Å². The summed E-state index contributed by atoms with van der Waals surface area (Å²) in [6.45, 7) is 0. The van der Waals surface area contributed by atoms with Gasteiger partial charge in [0.25, 0.3) is 0 Å². The average Bonchev–Trinajstić information content (AvgIpc) is 2.32. The van der Waals surface area contributed by atoms with E-state index in [0.29, 0.717) is 16.1 Å². The molecule has 0 aliphatic rings. The summed E-state index contributed by atoms with van der Waals surface area (Å²) in [5.41, 5.74) is 1.30. The fourth-order valence-electron chi connectivity index (χ4n) is 1.43. The first kappa shape index (κ1) is 13.1. The number of benzene rings is 2. The molecule has 0 unspecified atom stereocenters. The summed E-state index contributed by atoms with van der Waals surface area (Å²) < 4.78 is 1.83. The zero-order valence-electron chi connectivity index (χ0n) is 8.58. The van der Waals surface area contributed by atoms with E-state index < -0.39 is 0 Å². The maximum absolute atomic E-state index is 12.3. The largest absolute Gasteiger partial charge is 0.289 e. The van der Waals surface area contributed by atoms with Crippen molar-refractivity contribution in [2.24, 2.45) is 0 Å². The van der Waals surface area contributed by atoms with Gasteiger partial charge in [-0.1, -0.05) is 27.5 Å². The molecule has 0 fully saturated rings. The molecule has 0 heterocycles. The third-order valence-electron chi connectivity index (χ3n) is 2.28. The van der Waals surface area contributed by atoms with E-state index in [1.54, 1.807) is 24.3 Å². The van der Waals surface area contributed by atoms with E-state index in [0.717, 1.165) is 8.04 Å². The van der Waals surface area contributed by atoms with Crippen LogP contribution in [0, 0.1) is 3.57 Å². The molecule has 0 atom stereocenters. The first-order valence-corrected chi connectivity index (χ1v) is 7.08. The molecule has 86 valence electrons. The molecule has 0 amide bonds. The SMILES string of the molecule is O=C(c1ccc(Cl)cc1)c1cc(I)ccc1Br. The fourth-order valence-corrected chi connectivity index (χ4v) is 2.47. The highest BCUT2D eigenvalue weighted by molar-refractivity contribution is 14.1. The van der Waals surface area contributed by atoms with E-state index in [9.17, 15) is 4.79 Å². The van der Waals surface area contributed by atoms with Crippen LogP contribution in [0.15, 0.2) is 46.9 Å². The van der Waals surface area contributed by atoms with Gasteiger partial charge in [0, 0.05) is 24.2 Å². The van der Waals surface area contributed by atoms with Gasteiger partial charge in [0.05, 0.1) is 0 Å². The van der Waals surface area contributed by atoms with Crippen LogP contribution in [-0.2, 0) is 0 Å². The monoisotopic (exact) mass is 420 g/mol. The van der Waals surface area contributed by atoms with Gasteiger partial charge in [-0.2, -0.15) is 0 Å². The molecule has 0 bridgehead atoms. The summed E-state index contributed by atoms with van der Waals surface area (Å²) in [5.74, 6) is -0.00735. The van der Waals surface area contributed by atoms with Crippen molar-refractivity contribution in [1.82, 2.24) is 0 Å². The van der Waals surface area contributed by atoms with Crippen LogP contribution in [0.5, 0.6) is 0 Å². The lowest BCUT2D eigenvalue weighted by molar-refractivity contribution is 0.103. The van der Waals surface area contributed by atoms with Crippen LogP contribution >= 0.6 is 50.1 Å². The minimum atomic E-state index is -0.00735. The summed E-state index contributed by atoms with van der Waals surface area (Å²) in [6.07, 6.45) is 0. The fraction of sp³-hybridized carbons (Fsp3) is 0. The van der Waals surface area contributed by atoms with Gasteiger partial charge in [-0.25, -0.2) is 0 Å². The van der Waals surface area contributed by atoms with Gasteiger partial charge in [-0.05, 0) is 65.1 Å². The second-order valence-corrected chi connectivity index (χ2v) is 6.00. The van der Waals surface area contributed by atoms with Crippen molar-refractivity contribution in [3.8, 4) is 0 Å². The highest BCUT2D eigenvalue weighted by atomic mass is 127. The maximum atomic E-state index is 12.3. The topological polar surface area (TPSA) is 17.1 Å². The van der Waals surface area contributed by atoms with Crippen LogP contribution in [0.4, 0.5) is 0 Å². The number of hydrogen-bond donors (Lipinski definition) is 0. The molecule has 17 heavy (non-hydrogen) atoms. The van der Waals surface area contributed by atoms with Crippen LogP contribution in [0.1, 0.15) is 15.9 Å². The number of carbonyl (C=O) groups is 1. The average molecular weight is 421 g/mol. The lowest BCUT2D eigenvalue weighted by Gasteiger charge is -2.04. The van der Waals surface area contributed by atoms with E-state index in [-0.39, 0.29) is 5.78 Å². The zero-order chi connectivity index (χ0) is 12.4. The first-order valence-electron chi connectivity index (χ1n) is 4.83. The molecule has 0 saturated heterocycles. The van der Waals surface area contributed by atoms with Crippen molar-refractivity contribution in [3.05, 3.63) is 66.7 Å². The molecule has 0 aromatic heterocycles. The predicted molar refractivity (Wildman–Crippen MR) is 81.7 cm³/mol. The lowest BCUT2D eigenvalue weighted by Crippen LogP contribution is -2.02. The van der Waals surface area contributed by atoms with Gasteiger partial charge in [0.2, 0.25) is 0 Å². The Kier molecular flexibility index (Phi) is 4.22. The summed E-state index contributed by atoms with van der Waals surface area (Å²) in [4.78, 5) is 12.3. The highest BCUT2D eigenvalue weighted by Gasteiger charge is 2.12. The number of rotatable bonds is 2. The Bertz CT molecular complexity index is 566. The lowest BCUT2D eigenvalue weighted by atomic mass is 10.0. The Morgan fingerprint density at radius 2 is 1.76 bits per heavy atom. The molecule has 0 aliphatic carbocycles. The number of halogens is 3. The van der Waals surface area contributed by atoms with Gasteiger partial charge in [-0.15, -0.1) is 0 Å².